The molecule has 2 amide bonds. The maximum atomic E-state index is 12.0. The molecule has 11 N–H and O–H groups in total. The number of hydrogen-bond acceptors (Lipinski definition) is 21. The first-order valence-corrected chi connectivity index (χ1v) is 17.2. The zero-order valence-corrected chi connectivity index (χ0v) is 30.3. The van der Waals surface area contributed by atoms with E-state index < -0.39 is 161 Å². The van der Waals surface area contributed by atoms with Crippen LogP contribution < -0.4 is 10.6 Å². The molecule has 0 unspecified atom stereocenters. The minimum atomic E-state index is -1.92. The summed E-state index contributed by atoms with van der Waals surface area (Å²) in [6, 6.07) is -2.82. The average molecular weight is 791 g/mol. The molecule has 0 radical (unpaired) electrons. The summed E-state index contributed by atoms with van der Waals surface area (Å²) in [5.41, 5.74) is 0. The Morgan fingerprint density at radius 2 is 0.963 bits per heavy atom. The second-order valence-electron chi connectivity index (χ2n) is 13.3. The summed E-state index contributed by atoms with van der Waals surface area (Å²) in [5.74, 6) is -1.29. The molecule has 0 saturated carbocycles. The largest absolute Gasteiger partial charge is 0.394 e. The Balaban J connectivity index is 1.61. The van der Waals surface area contributed by atoms with Gasteiger partial charge in [-0.1, -0.05) is 0 Å². The Bertz CT molecular complexity index is 1190. The van der Waals surface area contributed by atoms with Gasteiger partial charge in [0.1, 0.15) is 97.5 Å². The van der Waals surface area contributed by atoms with Crippen LogP contribution in [-0.4, -0.2) is 228 Å². The molecule has 0 aromatic heterocycles. The summed E-state index contributed by atoms with van der Waals surface area (Å²) in [7, 11) is 4.05. The topological polar surface area (TPSA) is 333 Å². The van der Waals surface area contributed by atoms with Crippen LogP contribution in [0.3, 0.4) is 0 Å². The molecule has 4 rings (SSSR count). The minimum absolute atomic E-state index is 0.452. The molecule has 0 aliphatic carbocycles. The number of hydrogen-bond donors (Lipinski definition) is 11. The first-order chi connectivity index (χ1) is 25.6. The van der Waals surface area contributed by atoms with Crippen molar-refractivity contribution in [1.29, 1.82) is 0 Å². The number of amides is 2. The normalized spacial score (nSPS) is 45.8. The van der Waals surface area contributed by atoms with Crippen molar-refractivity contribution in [2.75, 3.05) is 47.8 Å². The Morgan fingerprint density at radius 1 is 0.519 bits per heavy atom. The Kier molecular flexibility index (Phi) is 16.7. The van der Waals surface area contributed by atoms with Gasteiger partial charge in [-0.25, -0.2) is 0 Å². The van der Waals surface area contributed by atoms with E-state index >= 15 is 0 Å². The summed E-state index contributed by atoms with van der Waals surface area (Å²) in [6.45, 7) is -0.337. The SMILES string of the molecule is CO[C@@H]1[C@@H](OC)[C@H](O)O[C@H](CO[C@H]2O[C@H](CO[C@@H]3O[C@H](CO)[C@@H](O)[C@H](O)[C@H]3NC(C)=O)[C@@H](O)[C@H](O)[C@@H]2O[C@@H]2O[C@H](CO)[C@@H](O)[C@H](O)[C@H]2NC(C)=O)[C@H]1OC. The van der Waals surface area contributed by atoms with Gasteiger partial charge in [-0.15, -0.1) is 0 Å². The van der Waals surface area contributed by atoms with E-state index in [-0.39, 0.29) is 0 Å². The molecule has 4 fully saturated rings. The van der Waals surface area contributed by atoms with Gasteiger partial charge in [-0.2, -0.15) is 0 Å². The highest BCUT2D eigenvalue weighted by Gasteiger charge is 2.54. The Labute approximate surface area is 309 Å². The lowest BCUT2D eigenvalue weighted by atomic mass is 9.95. The lowest BCUT2D eigenvalue weighted by molar-refractivity contribution is -0.367. The summed E-state index contributed by atoms with van der Waals surface area (Å²) in [5, 5.41) is 99.9. The predicted molar refractivity (Wildman–Crippen MR) is 171 cm³/mol. The van der Waals surface area contributed by atoms with Crippen LogP contribution in [0.4, 0.5) is 0 Å². The molecule has 23 nitrogen and oxygen atoms in total. The van der Waals surface area contributed by atoms with Gasteiger partial charge in [0.05, 0.1) is 26.4 Å². The van der Waals surface area contributed by atoms with Crippen LogP contribution in [0.5, 0.6) is 0 Å². The molecule has 314 valence electrons. The van der Waals surface area contributed by atoms with Crippen LogP contribution in [0.2, 0.25) is 0 Å². The first kappa shape index (κ1) is 44.9. The molecule has 4 aliphatic rings. The molecule has 4 saturated heterocycles. The Morgan fingerprint density at radius 3 is 1.46 bits per heavy atom. The molecular formula is C31H54N2O21. The highest BCUT2D eigenvalue weighted by molar-refractivity contribution is 5.73. The van der Waals surface area contributed by atoms with Crippen molar-refractivity contribution >= 4 is 11.8 Å². The number of carbonyl (C=O) groups is 2. The fourth-order valence-electron chi connectivity index (χ4n) is 6.89. The molecule has 4 heterocycles. The smallest absolute Gasteiger partial charge is 0.217 e. The molecule has 54 heavy (non-hydrogen) atoms. The third-order valence-corrected chi connectivity index (χ3v) is 9.71. The zero-order valence-electron chi connectivity index (χ0n) is 30.3. The van der Waals surface area contributed by atoms with Crippen molar-refractivity contribution in [3.63, 3.8) is 0 Å². The first-order valence-electron chi connectivity index (χ1n) is 17.2. The number of methoxy groups -OCH3 is 3. The molecule has 0 spiro atoms. The predicted octanol–water partition coefficient (Wildman–Crippen LogP) is -7.50. The number of aliphatic hydroxyl groups is 9. The van der Waals surface area contributed by atoms with Crippen molar-refractivity contribution in [2.45, 2.75) is 137 Å². The molecule has 0 aromatic carbocycles. The van der Waals surface area contributed by atoms with E-state index in [9.17, 15) is 55.5 Å². The monoisotopic (exact) mass is 790 g/mol. The fourth-order valence-corrected chi connectivity index (χ4v) is 6.89. The van der Waals surface area contributed by atoms with Gasteiger partial charge >= 0.3 is 0 Å². The van der Waals surface area contributed by atoms with Gasteiger partial charge < -0.3 is 104 Å². The maximum Gasteiger partial charge on any atom is 0.217 e. The lowest BCUT2D eigenvalue weighted by Gasteiger charge is -2.48. The molecule has 4 aliphatic heterocycles. The van der Waals surface area contributed by atoms with Crippen LogP contribution in [0.1, 0.15) is 13.8 Å². The summed E-state index contributed by atoms with van der Waals surface area (Å²) in [6.07, 6.45) is -26.6. The van der Waals surface area contributed by atoms with Crippen molar-refractivity contribution in [2.24, 2.45) is 0 Å². The van der Waals surface area contributed by atoms with Crippen molar-refractivity contribution < 1.29 is 103 Å². The summed E-state index contributed by atoms with van der Waals surface area (Å²) < 4.78 is 57.1. The minimum Gasteiger partial charge on any atom is -0.394 e. The standard InChI is InChI=1S/C31H54N2O21/c1-10(36)32-16-21(41)18(38)12(6-34)51-29(16)48-8-14-20(40)23(43)25(54-30-17(33-11(2)37)22(42)19(39)13(7-35)52-30)31(53-14)49-9-15-24(45-3)26(46-4)27(47-5)28(44)50-15/h12-31,34-35,38-44H,6-9H2,1-5H3,(H,32,36)(H,33,37)/t12-,13-,14-,15-,16-,17-,18-,19-,20-,21-,22-,23+,24-,25+,26+,27-,28-,29-,30+,31+/m1/s1. The van der Waals surface area contributed by atoms with E-state index in [1.165, 1.54) is 21.3 Å². The second-order valence-corrected chi connectivity index (χ2v) is 13.3. The fraction of sp³-hybridized carbons (Fsp3) is 0.935. The maximum absolute atomic E-state index is 12.0. The second kappa shape index (κ2) is 20.0. The highest BCUT2D eigenvalue weighted by atomic mass is 16.8. The third kappa shape index (κ3) is 10.00. The van der Waals surface area contributed by atoms with Gasteiger partial charge in [-0.3, -0.25) is 9.59 Å². The molecule has 23 heteroatoms. The average Bonchev–Trinajstić information content (AvgIpc) is 3.13. The van der Waals surface area contributed by atoms with Crippen LogP contribution in [-0.2, 0) is 57.0 Å². The lowest BCUT2D eigenvalue weighted by Crippen LogP contribution is -2.68. The van der Waals surface area contributed by atoms with Crippen LogP contribution in [0, 0.1) is 0 Å². The Hall–Kier alpha value is -1.82. The number of aliphatic hydroxyl groups excluding tert-OH is 9. The van der Waals surface area contributed by atoms with Gasteiger partial charge in [0, 0.05) is 35.2 Å². The van der Waals surface area contributed by atoms with E-state index in [0.717, 1.165) is 13.8 Å². The highest BCUT2D eigenvalue weighted by Crippen LogP contribution is 2.33. The number of ether oxygens (including phenoxy) is 10. The van der Waals surface area contributed by atoms with Gasteiger partial charge in [0.25, 0.3) is 0 Å². The van der Waals surface area contributed by atoms with E-state index in [2.05, 4.69) is 10.6 Å². The van der Waals surface area contributed by atoms with E-state index in [4.69, 9.17) is 47.4 Å². The van der Waals surface area contributed by atoms with E-state index in [0.29, 0.717) is 0 Å². The molecule has 0 aromatic rings. The van der Waals surface area contributed by atoms with Crippen LogP contribution >= 0.6 is 0 Å². The van der Waals surface area contributed by atoms with Crippen molar-refractivity contribution in [3.05, 3.63) is 0 Å². The van der Waals surface area contributed by atoms with Crippen LogP contribution in [0.15, 0.2) is 0 Å². The summed E-state index contributed by atoms with van der Waals surface area (Å²) >= 11 is 0. The van der Waals surface area contributed by atoms with Gasteiger partial charge in [0.2, 0.25) is 11.8 Å². The number of nitrogens with one attached hydrogen (secondary N) is 2. The van der Waals surface area contributed by atoms with Crippen molar-refractivity contribution in [1.82, 2.24) is 10.6 Å². The molecule has 20 atom stereocenters. The van der Waals surface area contributed by atoms with E-state index in [1.807, 2.05) is 0 Å². The quantitative estimate of drug-likeness (QED) is 0.0734. The van der Waals surface area contributed by atoms with Crippen molar-refractivity contribution in [3.8, 4) is 0 Å². The van der Waals surface area contributed by atoms with Gasteiger partial charge in [0.15, 0.2) is 25.2 Å². The van der Waals surface area contributed by atoms with Crippen LogP contribution in [0.25, 0.3) is 0 Å². The number of carbonyl (C=O) groups excluding carboxylic acids is 2. The third-order valence-electron chi connectivity index (χ3n) is 9.71. The zero-order chi connectivity index (χ0) is 40.0. The summed E-state index contributed by atoms with van der Waals surface area (Å²) in [4.78, 5) is 23.9. The number of rotatable bonds is 15. The van der Waals surface area contributed by atoms with Gasteiger partial charge in [-0.05, 0) is 0 Å². The van der Waals surface area contributed by atoms with E-state index in [1.54, 1.807) is 0 Å². The molecule has 0 bridgehead atoms. The molecular weight excluding hydrogens is 736 g/mol.